The third kappa shape index (κ3) is 3.93. The number of hydrogen-bond acceptors (Lipinski definition) is 6. The second-order valence-electron chi connectivity index (χ2n) is 8.10. The van der Waals surface area contributed by atoms with Crippen LogP contribution in [0.2, 0.25) is 0 Å². The fourth-order valence-corrected chi connectivity index (χ4v) is 4.32. The van der Waals surface area contributed by atoms with Crippen molar-refractivity contribution in [2.75, 3.05) is 23.3 Å². The van der Waals surface area contributed by atoms with Crippen LogP contribution < -0.4 is 10.2 Å². The van der Waals surface area contributed by atoms with Gasteiger partial charge in [0.2, 0.25) is 5.91 Å². The number of alkyl halides is 6. The van der Waals surface area contributed by atoms with Crippen molar-refractivity contribution in [3.63, 3.8) is 0 Å². The number of fused-ring (bicyclic) bond motifs is 1. The summed E-state index contributed by atoms with van der Waals surface area (Å²) in [7, 11) is 0. The molecule has 1 saturated heterocycles. The van der Waals surface area contributed by atoms with E-state index in [2.05, 4.69) is 20.5 Å². The smallest absolute Gasteiger partial charge is 0.422 e. The van der Waals surface area contributed by atoms with E-state index >= 15 is 0 Å². The van der Waals surface area contributed by atoms with Gasteiger partial charge in [-0.25, -0.2) is 9.78 Å². The number of nitrogens with one attached hydrogen (secondary N) is 2. The molecule has 0 aromatic carbocycles. The predicted molar refractivity (Wildman–Crippen MR) is 102 cm³/mol. The van der Waals surface area contributed by atoms with Gasteiger partial charge in [-0.05, 0) is 18.9 Å². The van der Waals surface area contributed by atoms with Crippen LogP contribution in [0.25, 0.3) is 0 Å². The molecule has 0 radical (unpaired) electrons. The Kier molecular flexibility index (Phi) is 5.49. The lowest BCUT2D eigenvalue weighted by Crippen LogP contribution is -2.49. The Morgan fingerprint density at radius 2 is 1.82 bits per heavy atom. The number of halogens is 6. The average Bonchev–Trinajstić information content (AvgIpc) is 3.16. The summed E-state index contributed by atoms with van der Waals surface area (Å²) in [4.78, 5) is 28.2. The van der Waals surface area contributed by atoms with E-state index in [9.17, 15) is 41.0 Å². The summed E-state index contributed by atoms with van der Waals surface area (Å²) < 4.78 is 80.2. The standard InChI is InChI=1S/C19H17F6N5O4/c20-18(21,22)10-7-26-11(5-9(10)16(32)33)30-3-1-8(2-4-30)14-13-15(29-28-14)27-12(31)6-17(13,34)19(23,24)25/h5,7-8,34H,1-4,6H2,(H,32,33)(H2,27,28,29,31). The first kappa shape index (κ1) is 23.8. The Labute approximate surface area is 186 Å². The molecular weight excluding hydrogens is 476 g/mol. The third-order valence-electron chi connectivity index (χ3n) is 6.00. The van der Waals surface area contributed by atoms with Gasteiger partial charge in [0.25, 0.3) is 0 Å². The van der Waals surface area contributed by atoms with Crippen molar-refractivity contribution >= 4 is 23.5 Å². The summed E-state index contributed by atoms with van der Waals surface area (Å²) in [5, 5.41) is 28.0. The Hall–Kier alpha value is -3.36. The topological polar surface area (TPSA) is 131 Å². The molecule has 1 fully saturated rings. The van der Waals surface area contributed by atoms with Crippen molar-refractivity contribution in [2.24, 2.45) is 0 Å². The van der Waals surface area contributed by atoms with Crippen LogP contribution in [0, 0.1) is 0 Å². The van der Waals surface area contributed by atoms with Crippen LogP contribution in [-0.2, 0) is 16.6 Å². The van der Waals surface area contributed by atoms with Gasteiger partial charge in [0.1, 0.15) is 5.82 Å². The molecule has 1 unspecified atom stereocenters. The molecule has 15 heteroatoms. The normalized spacial score (nSPS) is 21.9. The highest BCUT2D eigenvalue weighted by Crippen LogP contribution is 2.49. The minimum atomic E-state index is -5.14. The second-order valence-corrected chi connectivity index (χ2v) is 8.10. The maximum absolute atomic E-state index is 13.7. The molecule has 0 aliphatic carbocycles. The van der Waals surface area contributed by atoms with Crippen LogP contribution in [0.1, 0.15) is 52.4 Å². The average molecular weight is 493 g/mol. The molecule has 0 saturated carbocycles. The number of carboxylic acids is 1. The number of carboxylic acid groups (broad SMARTS) is 1. The summed E-state index contributed by atoms with van der Waals surface area (Å²) in [5.41, 5.74) is -6.33. The molecule has 2 aliphatic rings. The SMILES string of the molecule is O=C1CC(O)(C(F)(F)F)c2c(n[nH]c2C2CCN(c3cc(C(=O)O)c(C(F)(F)F)cn3)CC2)N1. The molecule has 0 spiro atoms. The predicted octanol–water partition coefficient (Wildman–Crippen LogP) is 3.00. The first-order chi connectivity index (χ1) is 15.7. The molecule has 184 valence electrons. The molecule has 9 nitrogen and oxygen atoms in total. The van der Waals surface area contributed by atoms with Crippen LogP contribution in [0.5, 0.6) is 0 Å². The summed E-state index contributed by atoms with van der Waals surface area (Å²) in [6.07, 6.45) is -10.4. The van der Waals surface area contributed by atoms with E-state index in [0.29, 0.717) is 6.20 Å². The largest absolute Gasteiger partial charge is 0.478 e. The van der Waals surface area contributed by atoms with Gasteiger partial charge in [0, 0.05) is 30.9 Å². The zero-order valence-corrected chi connectivity index (χ0v) is 17.1. The van der Waals surface area contributed by atoms with E-state index in [1.807, 2.05) is 0 Å². The Bertz CT molecular complexity index is 1140. The van der Waals surface area contributed by atoms with Gasteiger partial charge in [-0.15, -0.1) is 0 Å². The molecule has 2 aliphatic heterocycles. The molecular formula is C19H17F6N5O4. The van der Waals surface area contributed by atoms with Gasteiger partial charge in [-0.3, -0.25) is 9.89 Å². The Morgan fingerprint density at radius 1 is 1.18 bits per heavy atom. The summed E-state index contributed by atoms with van der Waals surface area (Å²) in [5.74, 6) is -3.80. The zero-order chi connectivity index (χ0) is 25.1. The lowest BCUT2D eigenvalue weighted by atomic mass is 9.81. The van der Waals surface area contributed by atoms with E-state index in [0.717, 1.165) is 6.07 Å². The number of carbonyl (C=O) groups is 2. The van der Waals surface area contributed by atoms with E-state index < -0.39 is 64.7 Å². The van der Waals surface area contributed by atoms with Crippen molar-refractivity contribution in [2.45, 2.75) is 43.1 Å². The zero-order valence-electron chi connectivity index (χ0n) is 17.1. The Morgan fingerprint density at radius 3 is 2.38 bits per heavy atom. The van der Waals surface area contributed by atoms with Gasteiger partial charge in [-0.2, -0.15) is 31.4 Å². The van der Waals surface area contributed by atoms with Crippen LogP contribution in [-0.4, -0.2) is 56.5 Å². The number of carbonyl (C=O) groups excluding carboxylic acids is 1. The monoisotopic (exact) mass is 493 g/mol. The lowest BCUT2D eigenvalue weighted by molar-refractivity contribution is -0.267. The lowest BCUT2D eigenvalue weighted by Gasteiger charge is -2.37. The minimum absolute atomic E-state index is 0.000999. The van der Waals surface area contributed by atoms with Gasteiger partial charge in [-0.1, -0.05) is 0 Å². The quantitative estimate of drug-likeness (QED) is 0.484. The highest BCUT2D eigenvalue weighted by atomic mass is 19.4. The molecule has 34 heavy (non-hydrogen) atoms. The van der Waals surface area contributed by atoms with Gasteiger partial charge < -0.3 is 20.4 Å². The van der Waals surface area contributed by atoms with Crippen LogP contribution >= 0.6 is 0 Å². The molecule has 4 rings (SSSR count). The molecule has 4 N–H and O–H groups in total. The van der Waals surface area contributed by atoms with Crippen molar-refractivity contribution in [3.8, 4) is 0 Å². The van der Waals surface area contributed by atoms with E-state index in [4.69, 9.17) is 5.11 Å². The van der Waals surface area contributed by atoms with Crippen molar-refractivity contribution in [3.05, 3.63) is 34.6 Å². The molecule has 0 bridgehead atoms. The van der Waals surface area contributed by atoms with Crippen LogP contribution in [0.15, 0.2) is 12.3 Å². The maximum Gasteiger partial charge on any atom is 0.422 e. The highest BCUT2D eigenvalue weighted by Gasteiger charge is 2.61. The van der Waals surface area contributed by atoms with Gasteiger partial charge >= 0.3 is 18.3 Å². The number of hydrogen-bond donors (Lipinski definition) is 4. The third-order valence-corrected chi connectivity index (χ3v) is 6.00. The number of rotatable bonds is 3. The maximum atomic E-state index is 13.7. The summed E-state index contributed by atoms with van der Waals surface area (Å²) >= 11 is 0. The number of anilines is 2. The van der Waals surface area contributed by atoms with E-state index in [-0.39, 0.29) is 37.4 Å². The molecule has 4 heterocycles. The molecule has 2 aromatic rings. The number of aromatic carboxylic acids is 1. The number of aliphatic hydroxyl groups is 1. The number of amides is 1. The second kappa shape index (κ2) is 7.85. The van der Waals surface area contributed by atoms with Gasteiger partial charge in [0.15, 0.2) is 11.4 Å². The fourth-order valence-electron chi connectivity index (χ4n) is 4.32. The van der Waals surface area contributed by atoms with E-state index in [1.54, 1.807) is 0 Å². The summed E-state index contributed by atoms with van der Waals surface area (Å²) in [6.45, 7) is 0.263. The number of pyridine rings is 1. The first-order valence-corrected chi connectivity index (χ1v) is 9.95. The Balaban J connectivity index is 1.58. The number of aromatic nitrogens is 3. The van der Waals surface area contributed by atoms with Crippen LogP contribution in [0.4, 0.5) is 38.0 Å². The number of piperidine rings is 1. The van der Waals surface area contributed by atoms with Crippen LogP contribution in [0.3, 0.4) is 0 Å². The molecule has 2 aromatic heterocycles. The molecule has 1 amide bonds. The number of aromatic amines is 1. The number of H-pyrrole nitrogens is 1. The fraction of sp³-hybridized carbons (Fsp3) is 0.474. The first-order valence-electron chi connectivity index (χ1n) is 9.95. The number of nitrogens with zero attached hydrogens (tertiary/aromatic N) is 3. The highest BCUT2D eigenvalue weighted by molar-refractivity contribution is 5.94. The summed E-state index contributed by atoms with van der Waals surface area (Å²) in [6, 6.07) is 0.807. The molecule has 1 atom stereocenters. The van der Waals surface area contributed by atoms with Crippen molar-refractivity contribution in [1.29, 1.82) is 0 Å². The van der Waals surface area contributed by atoms with Crippen molar-refractivity contribution in [1.82, 2.24) is 15.2 Å². The minimum Gasteiger partial charge on any atom is -0.478 e. The van der Waals surface area contributed by atoms with Crippen molar-refractivity contribution < 1.29 is 46.1 Å². The van der Waals surface area contributed by atoms with Gasteiger partial charge in [0.05, 0.1) is 23.1 Å². The van der Waals surface area contributed by atoms with E-state index in [1.165, 1.54) is 4.90 Å².